The van der Waals surface area contributed by atoms with Gasteiger partial charge in [0.1, 0.15) is 11.9 Å². The number of rotatable bonds is 8. The van der Waals surface area contributed by atoms with E-state index in [9.17, 15) is 19.1 Å². The Kier molecular flexibility index (Phi) is 7.11. The highest BCUT2D eigenvalue weighted by molar-refractivity contribution is 5.80. The van der Waals surface area contributed by atoms with Crippen molar-refractivity contribution in [2.75, 3.05) is 0 Å². The summed E-state index contributed by atoms with van der Waals surface area (Å²) in [5.74, 6) is -2.27. The summed E-state index contributed by atoms with van der Waals surface area (Å²) >= 11 is 0. The molecule has 1 fully saturated rings. The molecule has 0 saturated carbocycles. The van der Waals surface area contributed by atoms with Crippen molar-refractivity contribution < 1.29 is 23.8 Å². The number of primary amides is 2. The maximum Gasteiger partial charge on any atom is 0.246 e. The lowest BCUT2D eigenvalue weighted by Gasteiger charge is -2.36. The van der Waals surface area contributed by atoms with Gasteiger partial charge in [-0.3, -0.25) is 9.59 Å². The van der Waals surface area contributed by atoms with Gasteiger partial charge in [0.2, 0.25) is 11.8 Å². The number of aliphatic hydroxyl groups is 1. The van der Waals surface area contributed by atoms with Crippen LogP contribution in [0, 0.1) is 24.1 Å². The van der Waals surface area contributed by atoms with E-state index in [1.54, 1.807) is 31.5 Å². The Morgan fingerprint density at radius 3 is 2.65 bits per heavy atom. The predicted octanol–water partition coefficient (Wildman–Crippen LogP) is 1.09. The normalized spacial score (nSPS) is 25.4. The summed E-state index contributed by atoms with van der Waals surface area (Å²) in [6.07, 6.45) is 0.864. The molecule has 0 aromatic heterocycles. The van der Waals surface area contributed by atoms with Gasteiger partial charge in [0.05, 0.1) is 12.2 Å². The maximum atomic E-state index is 13.6. The molecule has 5 N–H and O–H groups in total. The van der Waals surface area contributed by atoms with Crippen molar-refractivity contribution in [3.8, 4) is 0 Å². The predicted molar refractivity (Wildman–Crippen MR) is 94.0 cm³/mol. The Balaban J connectivity index is 1.97. The van der Waals surface area contributed by atoms with Gasteiger partial charge in [-0.25, -0.2) is 4.39 Å². The van der Waals surface area contributed by atoms with Crippen LogP contribution in [0.25, 0.3) is 0 Å². The number of amides is 2. The van der Waals surface area contributed by atoms with E-state index in [2.05, 4.69) is 0 Å². The average Bonchev–Trinajstić information content (AvgIpc) is 2.58. The number of nitrogens with two attached hydrogens (primary N) is 2. The van der Waals surface area contributed by atoms with E-state index in [0.29, 0.717) is 18.4 Å². The van der Waals surface area contributed by atoms with Gasteiger partial charge in [-0.2, -0.15) is 0 Å². The Bertz CT molecular complexity index is 640. The van der Waals surface area contributed by atoms with Crippen LogP contribution in [0.2, 0.25) is 0 Å². The van der Waals surface area contributed by atoms with Gasteiger partial charge in [-0.05, 0) is 56.6 Å². The Labute approximate surface area is 152 Å². The summed E-state index contributed by atoms with van der Waals surface area (Å²) in [6, 6.07) is 6.31. The first-order valence-electron chi connectivity index (χ1n) is 8.76. The van der Waals surface area contributed by atoms with E-state index in [4.69, 9.17) is 16.2 Å². The third kappa shape index (κ3) is 5.51. The molecule has 5 atom stereocenters. The number of carbonyl (C=O) groups excluding carboxylic acids is 2. The second kappa shape index (κ2) is 9.09. The minimum absolute atomic E-state index is 0.118. The molecular formula is C19H26FN2O4. The first kappa shape index (κ1) is 20.3. The molecule has 1 saturated heterocycles. The molecule has 1 aromatic rings. The van der Waals surface area contributed by atoms with Crippen molar-refractivity contribution in [2.24, 2.45) is 23.3 Å². The molecule has 1 aromatic carbocycles. The van der Waals surface area contributed by atoms with Gasteiger partial charge in [-0.15, -0.1) is 0 Å². The van der Waals surface area contributed by atoms with Gasteiger partial charge in [-0.1, -0.05) is 18.2 Å². The zero-order valence-corrected chi connectivity index (χ0v) is 14.8. The third-order valence-corrected chi connectivity index (χ3v) is 4.86. The smallest absolute Gasteiger partial charge is 0.246 e. The number of aliphatic hydroxyl groups excluding tert-OH is 1. The zero-order valence-electron chi connectivity index (χ0n) is 14.8. The molecule has 1 heterocycles. The highest BCUT2D eigenvalue weighted by Gasteiger charge is 2.37. The summed E-state index contributed by atoms with van der Waals surface area (Å²) in [4.78, 5) is 23.4. The second-order valence-corrected chi connectivity index (χ2v) is 6.91. The van der Waals surface area contributed by atoms with Crippen LogP contribution < -0.4 is 11.5 Å². The summed E-state index contributed by atoms with van der Waals surface area (Å²) in [5, 5.41) is 10.3. The molecule has 0 aliphatic carbocycles. The van der Waals surface area contributed by atoms with Crippen molar-refractivity contribution >= 4 is 11.8 Å². The second-order valence-electron chi connectivity index (χ2n) is 6.91. The van der Waals surface area contributed by atoms with Crippen molar-refractivity contribution in [3.63, 3.8) is 0 Å². The monoisotopic (exact) mass is 365 g/mol. The van der Waals surface area contributed by atoms with Crippen LogP contribution in [0.15, 0.2) is 24.3 Å². The van der Waals surface area contributed by atoms with E-state index in [1.165, 1.54) is 6.07 Å². The van der Waals surface area contributed by atoms with Gasteiger partial charge in [0, 0.05) is 5.92 Å². The first-order chi connectivity index (χ1) is 12.3. The van der Waals surface area contributed by atoms with Crippen LogP contribution in [0.5, 0.6) is 0 Å². The lowest BCUT2D eigenvalue weighted by Crippen LogP contribution is -2.45. The van der Waals surface area contributed by atoms with Crippen molar-refractivity contribution in [2.45, 2.75) is 50.9 Å². The quantitative estimate of drug-likeness (QED) is 0.639. The van der Waals surface area contributed by atoms with Gasteiger partial charge in [0.25, 0.3) is 0 Å². The lowest BCUT2D eigenvalue weighted by molar-refractivity contribution is -0.145. The largest absolute Gasteiger partial charge is 0.393 e. The summed E-state index contributed by atoms with van der Waals surface area (Å²) in [5.41, 5.74) is 11.3. The molecule has 7 heteroatoms. The molecular weight excluding hydrogens is 339 g/mol. The Morgan fingerprint density at radius 1 is 1.35 bits per heavy atom. The van der Waals surface area contributed by atoms with Gasteiger partial charge < -0.3 is 21.3 Å². The minimum Gasteiger partial charge on any atom is -0.393 e. The molecule has 1 aliphatic heterocycles. The molecule has 6 nitrogen and oxygen atoms in total. The maximum absolute atomic E-state index is 13.6. The van der Waals surface area contributed by atoms with Crippen LogP contribution >= 0.6 is 0 Å². The fourth-order valence-electron chi connectivity index (χ4n) is 3.53. The SMILES string of the molecule is CC1CC(C(CC(O)[CH]Cc2ccccc2F)C(N)=O)CC(C(N)=O)O1. The van der Waals surface area contributed by atoms with E-state index in [-0.39, 0.29) is 30.7 Å². The number of hydrogen-bond acceptors (Lipinski definition) is 4. The first-order valence-corrected chi connectivity index (χ1v) is 8.76. The summed E-state index contributed by atoms with van der Waals surface area (Å²) in [7, 11) is 0. The minimum atomic E-state index is -0.919. The lowest BCUT2D eigenvalue weighted by atomic mass is 9.78. The van der Waals surface area contributed by atoms with Crippen LogP contribution in [-0.2, 0) is 20.7 Å². The Hall–Kier alpha value is -1.99. The Morgan fingerprint density at radius 2 is 2.04 bits per heavy atom. The zero-order chi connectivity index (χ0) is 19.3. The molecule has 26 heavy (non-hydrogen) atoms. The van der Waals surface area contributed by atoms with Gasteiger partial charge in [0.15, 0.2) is 0 Å². The third-order valence-electron chi connectivity index (χ3n) is 4.86. The molecule has 0 bridgehead atoms. The van der Waals surface area contributed by atoms with Crippen LogP contribution in [0.3, 0.4) is 0 Å². The van der Waals surface area contributed by atoms with Crippen LogP contribution in [0.4, 0.5) is 4.39 Å². The molecule has 143 valence electrons. The van der Waals surface area contributed by atoms with E-state index >= 15 is 0 Å². The van der Waals surface area contributed by atoms with Crippen molar-refractivity contribution in [3.05, 3.63) is 42.1 Å². The molecule has 1 aliphatic rings. The molecule has 1 radical (unpaired) electrons. The number of ether oxygens (including phenoxy) is 1. The fourth-order valence-corrected chi connectivity index (χ4v) is 3.53. The number of halogens is 1. The molecule has 2 amide bonds. The fraction of sp³-hybridized carbons (Fsp3) is 0.526. The van der Waals surface area contributed by atoms with Crippen LogP contribution in [0.1, 0.15) is 31.7 Å². The molecule has 5 unspecified atom stereocenters. The van der Waals surface area contributed by atoms with E-state index in [1.807, 2.05) is 0 Å². The average molecular weight is 365 g/mol. The number of hydrogen-bond donors (Lipinski definition) is 3. The van der Waals surface area contributed by atoms with Crippen LogP contribution in [-0.4, -0.2) is 35.2 Å². The molecule has 0 spiro atoms. The summed E-state index contributed by atoms with van der Waals surface area (Å²) < 4.78 is 19.1. The highest BCUT2D eigenvalue weighted by Crippen LogP contribution is 2.33. The summed E-state index contributed by atoms with van der Waals surface area (Å²) in [6.45, 7) is 1.81. The van der Waals surface area contributed by atoms with E-state index in [0.717, 1.165) is 0 Å². The van der Waals surface area contributed by atoms with E-state index < -0.39 is 29.9 Å². The molecule has 2 rings (SSSR count). The number of benzene rings is 1. The van der Waals surface area contributed by atoms with Crippen molar-refractivity contribution in [1.29, 1.82) is 0 Å². The number of carbonyl (C=O) groups is 2. The highest BCUT2D eigenvalue weighted by atomic mass is 19.1. The topological polar surface area (TPSA) is 116 Å². The van der Waals surface area contributed by atoms with Gasteiger partial charge >= 0.3 is 0 Å². The van der Waals surface area contributed by atoms with Crippen molar-refractivity contribution in [1.82, 2.24) is 0 Å². The standard InChI is InChI=1S/C19H26FN2O4/c1-11-8-13(9-17(26-11)19(22)25)15(18(21)24)10-14(23)7-6-12-4-2-3-5-16(12)20/h2-5,7,11,13-15,17,23H,6,8-10H2,1H3,(H2,21,24)(H2,22,25).